The summed E-state index contributed by atoms with van der Waals surface area (Å²) in [4.78, 5) is 12.0. The lowest BCUT2D eigenvalue weighted by atomic mass is 10.1. The summed E-state index contributed by atoms with van der Waals surface area (Å²) < 4.78 is 0. The molecule has 5 heteroatoms. The first-order valence-corrected chi connectivity index (χ1v) is 6.99. The smallest absolute Gasteiger partial charge is 0.190 e. The minimum atomic E-state index is -0.363. The lowest BCUT2D eigenvalue weighted by Crippen LogP contribution is -2.11. The predicted molar refractivity (Wildman–Crippen MR) is 83.7 cm³/mol. The number of carbonyl (C=O) groups excluding carboxylic acids is 1. The van der Waals surface area contributed by atoms with E-state index in [1.165, 1.54) is 12.3 Å². The Morgan fingerprint density at radius 2 is 1.67 bits per heavy atom. The number of benzene rings is 2. The molecule has 0 saturated heterocycles. The molecule has 0 atom stereocenters. The second-order valence-corrected chi connectivity index (χ2v) is 5.17. The van der Waals surface area contributed by atoms with Crippen molar-refractivity contribution in [2.45, 2.75) is 6.54 Å². The van der Waals surface area contributed by atoms with Gasteiger partial charge in [-0.05, 0) is 17.7 Å². The molecule has 0 radical (unpaired) electrons. The van der Waals surface area contributed by atoms with Crippen LogP contribution in [0.3, 0.4) is 0 Å². The van der Waals surface area contributed by atoms with E-state index in [1.807, 2.05) is 30.3 Å². The van der Waals surface area contributed by atoms with Crippen LogP contribution in [0.2, 0.25) is 10.0 Å². The van der Waals surface area contributed by atoms with E-state index in [2.05, 4.69) is 0 Å². The summed E-state index contributed by atoms with van der Waals surface area (Å²) in [6, 6.07) is 14.3. The van der Waals surface area contributed by atoms with E-state index >= 15 is 0 Å². The minimum Gasteiger partial charge on any atom is -0.289 e. The van der Waals surface area contributed by atoms with Crippen LogP contribution >= 0.6 is 23.2 Å². The molecule has 0 aliphatic rings. The van der Waals surface area contributed by atoms with E-state index in [4.69, 9.17) is 23.2 Å². The third-order valence-corrected chi connectivity index (χ3v) is 3.42. The van der Waals surface area contributed by atoms with Crippen molar-refractivity contribution in [3.63, 3.8) is 0 Å². The Bertz CT molecular complexity index is 636. The molecular formula is C16H13Cl2NO2. The SMILES string of the molecule is O=C(/C=C\N(O)Cc1ccccc1)c1c(Cl)cccc1Cl. The quantitative estimate of drug-likeness (QED) is 0.497. The van der Waals surface area contributed by atoms with Crippen LogP contribution in [0.15, 0.2) is 60.8 Å². The second-order valence-electron chi connectivity index (χ2n) is 4.36. The normalized spacial score (nSPS) is 10.8. The highest BCUT2D eigenvalue weighted by Crippen LogP contribution is 2.24. The largest absolute Gasteiger partial charge is 0.289 e. The molecule has 0 unspecified atom stereocenters. The molecule has 0 aliphatic heterocycles. The van der Waals surface area contributed by atoms with Crippen molar-refractivity contribution in [1.82, 2.24) is 5.06 Å². The summed E-state index contributed by atoms with van der Waals surface area (Å²) in [6.45, 7) is 0.279. The molecule has 2 rings (SSSR count). The minimum absolute atomic E-state index is 0.227. The van der Waals surface area contributed by atoms with Crippen LogP contribution in [-0.4, -0.2) is 16.1 Å². The average Bonchev–Trinajstić information content (AvgIpc) is 2.46. The van der Waals surface area contributed by atoms with Crippen LogP contribution in [0.4, 0.5) is 0 Å². The number of carbonyl (C=O) groups is 1. The first-order chi connectivity index (χ1) is 10.1. The standard InChI is InChI=1S/C16H13Cl2NO2/c17-13-7-4-8-14(18)16(13)15(20)9-10-19(21)11-12-5-2-1-3-6-12/h1-10,21H,11H2/b10-9-. The summed E-state index contributed by atoms with van der Waals surface area (Å²) in [5.74, 6) is -0.363. The maximum Gasteiger partial charge on any atom is 0.190 e. The van der Waals surface area contributed by atoms with Gasteiger partial charge in [0.25, 0.3) is 0 Å². The highest BCUT2D eigenvalue weighted by Gasteiger charge is 2.11. The van der Waals surface area contributed by atoms with Gasteiger partial charge in [-0.1, -0.05) is 59.6 Å². The first-order valence-electron chi connectivity index (χ1n) is 6.24. The summed E-state index contributed by atoms with van der Waals surface area (Å²) in [6.07, 6.45) is 2.52. The van der Waals surface area contributed by atoms with Gasteiger partial charge < -0.3 is 0 Å². The van der Waals surface area contributed by atoms with Gasteiger partial charge in [0.05, 0.1) is 22.2 Å². The summed E-state index contributed by atoms with van der Waals surface area (Å²) >= 11 is 11.9. The third-order valence-electron chi connectivity index (χ3n) is 2.79. The number of nitrogens with zero attached hydrogens (tertiary/aromatic N) is 1. The fourth-order valence-corrected chi connectivity index (χ4v) is 2.38. The van der Waals surface area contributed by atoms with Gasteiger partial charge in [0.1, 0.15) is 0 Å². The fraction of sp³-hybridized carbons (Fsp3) is 0.0625. The highest BCUT2D eigenvalue weighted by molar-refractivity contribution is 6.40. The molecular weight excluding hydrogens is 309 g/mol. The summed E-state index contributed by atoms with van der Waals surface area (Å²) in [5.41, 5.74) is 1.15. The van der Waals surface area contributed by atoms with Gasteiger partial charge in [0, 0.05) is 12.3 Å². The molecule has 21 heavy (non-hydrogen) atoms. The Hall–Kier alpha value is -1.81. The lowest BCUT2D eigenvalue weighted by Gasteiger charge is -2.11. The Morgan fingerprint density at radius 3 is 2.29 bits per heavy atom. The fourth-order valence-electron chi connectivity index (χ4n) is 1.79. The Kier molecular flexibility index (Phi) is 5.39. The number of ketones is 1. The lowest BCUT2D eigenvalue weighted by molar-refractivity contribution is -0.0491. The molecule has 2 aromatic rings. The molecule has 3 nitrogen and oxygen atoms in total. The van der Waals surface area contributed by atoms with Crippen molar-refractivity contribution in [3.8, 4) is 0 Å². The molecule has 108 valence electrons. The van der Waals surface area contributed by atoms with Gasteiger partial charge in [-0.15, -0.1) is 0 Å². The van der Waals surface area contributed by atoms with Crippen LogP contribution < -0.4 is 0 Å². The average molecular weight is 322 g/mol. The molecule has 0 fully saturated rings. The zero-order chi connectivity index (χ0) is 15.2. The van der Waals surface area contributed by atoms with Crippen molar-refractivity contribution < 1.29 is 10.0 Å². The van der Waals surface area contributed by atoms with E-state index in [0.29, 0.717) is 0 Å². The molecule has 1 N–H and O–H groups in total. The Labute approximate surface area is 133 Å². The molecule has 0 aromatic heterocycles. The summed E-state index contributed by atoms with van der Waals surface area (Å²) in [7, 11) is 0. The van der Waals surface area contributed by atoms with Crippen molar-refractivity contribution in [3.05, 3.63) is 82.0 Å². The molecule has 0 amide bonds. The van der Waals surface area contributed by atoms with Crippen molar-refractivity contribution in [1.29, 1.82) is 0 Å². The van der Waals surface area contributed by atoms with E-state index in [9.17, 15) is 10.0 Å². The zero-order valence-corrected chi connectivity index (χ0v) is 12.6. The number of hydrogen-bond donors (Lipinski definition) is 1. The number of hydrogen-bond acceptors (Lipinski definition) is 3. The van der Waals surface area contributed by atoms with E-state index in [-0.39, 0.29) is 27.9 Å². The van der Waals surface area contributed by atoms with Crippen molar-refractivity contribution in [2.75, 3.05) is 0 Å². The summed E-state index contributed by atoms with van der Waals surface area (Å²) in [5, 5.41) is 11.3. The number of allylic oxidation sites excluding steroid dienone is 1. The zero-order valence-electron chi connectivity index (χ0n) is 11.0. The van der Waals surface area contributed by atoms with Crippen LogP contribution in [-0.2, 0) is 6.54 Å². The number of halogens is 2. The van der Waals surface area contributed by atoms with Crippen molar-refractivity contribution >= 4 is 29.0 Å². The van der Waals surface area contributed by atoms with Crippen LogP contribution in [0.1, 0.15) is 15.9 Å². The van der Waals surface area contributed by atoms with Gasteiger partial charge >= 0.3 is 0 Å². The van der Waals surface area contributed by atoms with Gasteiger partial charge in [-0.25, -0.2) is 0 Å². The highest BCUT2D eigenvalue weighted by atomic mass is 35.5. The third kappa shape index (κ3) is 4.33. The van der Waals surface area contributed by atoms with E-state index < -0.39 is 0 Å². The molecule has 0 aliphatic carbocycles. The molecule has 0 bridgehead atoms. The monoisotopic (exact) mass is 321 g/mol. The topological polar surface area (TPSA) is 40.5 Å². The predicted octanol–water partition coefficient (Wildman–Crippen LogP) is 4.58. The number of hydroxylamine groups is 2. The Morgan fingerprint density at radius 1 is 1.05 bits per heavy atom. The molecule has 0 saturated carbocycles. The first kappa shape index (κ1) is 15.6. The number of rotatable bonds is 5. The maximum atomic E-state index is 12.0. The molecule has 0 spiro atoms. The second kappa shape index (κ2) is 7.27. The Balaban J connectivity index is 2.05. The van der Waals surface area contributed by atoms with Gasteiger partial charge in [-0.3, -0.25) is 15.1 Å². The molecule has 0 heterocycles. The molecule has 2 aromatic carbocycles. The van der Waals surface area contributed by atoms with Crippen LogP contribution in [0.5, 0.6) is 0 Å². The van der Waals surface area contributed by atoms with Crippen molar-refractivity contribution in [2.24, 2.45) is 0 Å². The van der Waals surface area contributed by atoms with Crippen LogP contribution in [0, 0.1) is 0 Å². The van der Waals surface area contributed by atoms with Crippen LogP contribution in [0.25, 0.3) is 0 Å². The van der Waals surface area contributed by atoms with E-state index in [0.717, 1.165) is 10.6 Å². The van der Waals surface area contributed by atoms with Gasteiger partial charge in [-0.2, -0.15) is 0 Å². The maximum absolute atomic E-state index is 12.0. The van der Waals surface area contributed by atoms with Gasteiger partial charge in [0.15, 0.2) is 5.78 Å². The van der Waals surface area contributed by atoms with E-state index in [1.54, 1.807) is 18.2 Å². The van der Waals surface area contributed by atoms with Gasteiger partial charge in [0.2, 0.25) is 0 Å².